The maximum atomic E-state index is 5.42. The van der Waals surface area contributed by atoms with E-state index >= 15 is 0 Å². The molecule has 136 valence electrons. The van der Waals surface area contributed by atoms with E-state index in [-0.39, 0.29) is 5.41 Å². The van der Waals surface area contributed by atoms with Gasteiger partial charge in [-0.05, 0) is 11.0 Å². The highest BCUT2D eigenvalue weighted by Gasteiger charge is 2.17. The quantitative estimate of drug-likeness (QED) is 0.473. The summed E-state index contributed by atoms with van der Waals surface area (Å²) in [6.45, 7) is 12.9. The molecule has 26 heavy (non-hydrogen) atoms. The number of hydrogen-bond acceptors (Lipinski definition) is 6. The summed E-state index contributed by atoms with van der Waals surface area (Å²) in [6.07, 6.45) is 1.84. The Morgan fingerprint density at radius 1 is 1.12 bits per heavy atom. The molecule has 0 unspecified atom stereocenters. The first kappa shape index (κ1) is 18.4. The number of thioether (sulfide) groups is 1. The van der Waals surface area contributed by atoms with Crippen LogP contribution >= 0.6 is 11.8 Å². The first-order chi connectivity index (χ1) is 12.4. The van der Waals surface area contributed by atoms with Gasteiger partial charge in [-0.1, -0.05) is 62.9 Å². The number of benzene rings is 1. The van der Waals surface area contributed by atoms with Crippen LogP contribution in [0.2, 0.25) is 0 Å². The van der Waals surface area contributed by atoms with Crippen molar-refractivity contribution in [1.82, 2.24) is 25.0 Å². The van der Waals surface area contributed by atoms with Crippen molar-refractivity contribution in [2.24, 2.45) is 0 Å². The summed E-state index contributed by atoms with van der Waals surface area (Å²) in [6, 6.07) is 8.49. The molecule has 0 aliphatic heterocycles. The molecular formula is C19H23N5OS. The van der Waals surface area contributed by atoms with Crippen LogP contribution in [-0.4, -0.2) is 25.0 Å². The molecule has 2 aromatic heterocycles. The van der Waals surface area contributed by atoms with Gasteiger partial charge in [-0.2, -0.15) is 0 Å². The molecule has 3 aromatic rings. The Bertz CT molecular complexity index is 890. The van der Waals surface area contributed by atoms with Gasteiger partial charge in [0.1, 0.15) is 0 Å². The summed E-state index contributed by atoms with van der Waals surface area (Å²) >= 11 is 1.52. The normalized spacial score (nSPS) is 11.7. The molecule has 0 radical (unpaired) electrons. The Labute approximate surface area is 157 Å². The third-order valence-electron chi connectivity index (χ3n) is 3.93. The van der Waals surface area contributed by atoms with Crippen LogP contribution in [0, 0.1) is 6.92 Å². The SMILES string of the molecule is C=CCn1c(SCc2nnc(C)o2)nnc1-c1ccc(C(C)(C)C)cc1. The number of rotatable bonds is 6. The minimum absolute atomic E-state index is 0.122. The van der Waals surface area contributed by atoms with Crippen LogP contribution in [0.4, 0.5) is 0 Å². The second-order valence-corrected chi connectivity index (χ2v) is 7.98. The fourth-order valence-electron chi connectivity index (χ4n) is 2.54. The van der Waals surface area contributed by atoms with Gasteiger partial charge in [0.2, 0.25) is 11.8 Å². The summed E-state index contributed by atoms with van der Waals surface area (Å²) in [5.74, 6) is 2.53. The summed E-state index contributed by atoms with van der Waals surface area (Å²) in [5, 5.41) is 17.4. The van der Waals surface area contributed by atoms with E-state index in [1.54, 1.807) is 6.92 Å². The van der Waals surface area contributed by atoms with Crippen molar-refractivity contribution in [3.8, 4) is 11.4 Å². The molecule has 0 spiro atoms. The molecule has 0 bridgehead atoms. The van der Waals surface area contributed by atoms with Crippen molar-refractivity contribution in [2.45, 2.75) is 50.6 Å². The molecule has 7 heteroatoms. The van der Waals surface area contributed by atoms with Crippen LogP contribution < -0.4 is 0 Å². The Kier molecular flexibility index (Phi) is 5.27. The summed E-state index contributed by atoms with van der Waals surface area (Å²) in [5.41, 5.74) is 2.45. The summed E-state index contributed by atoms with van der Waals surface area (Å²) in [4.78, 5) is 0. The van der Waals surface area contributed by atoms with Crippen molar-refractivity contribution in [3.05, 3.63) is 54.3 Å². The topological polar surface area (TPSA) is 69.6 Å². The highest BCUT2D eigenvalue weighted by atomic mass is 32.2. The lowest BCUT2D eigenvalue weighted by Crippen LogP contribution is -2.10. The van der Waals surface area contributed by atoms with E-state index in [4.69, 9.17) is 4.42 Å². The second-order valence-electron chi connectivity index (χ2n) is 7.04. The molecule has 0 saturated heterocycles. The van der Waals surface area contributed by atoms with Gasteiger partial charge < -0.3 is 4.42 Å². The van der Waals surface area contributed by atoms with Crippen LogP contribution in [0.3, 0.4) is 0 Å². The standard InChI is InChI=1S/C19H23N5OS/c1-6-11-24-17(14-7-9-15(10-8-14)19(3,4)5)22-23-18(24)26-12-16-21-20-13(2)25-16/h6-10H,1,11-12H2,2-5H3. The number of nitrogens with zero attached hydrogens (tertiary/aromatic N) is 5. The molecule has 0 saturated carbocycles. The van der Waals surface area contributed by atoms with Gasteiger partial charge >= 0.3 is 0 Å². The number of allylic oxidation sites excluding steroid dienone is 1. The van der Waals surface area contributed by atoms with Gasteiger partial charge in [0.15, 0.2) is 11.0 Å². The molecule has 0 fully saturated rings. The molecule has 0 aliphatic carbocycles. The van der Waals surface area contributed by atoms with Crippen LogP contribution in [0.5, 0.6) is 0 Å². The lowest BCUT2D eigenvalue weighted by molar-refractivity contribution is 0.485. The van der Waals surface area contributed by atoms with E-state index < -0.39 is 0 Å². The third-order valence-corrected chi connectivity index (χ3v) is 4.88. The van der Waals surface area contributed by atoms with Gasteiger partial charge in [-0.3, -0.25) is 4.57 Å². The molecule has 2 heterocycles. The van der Waals surface area contributed by atoms with Crippen LogP contribution in [0.1, 0.15) is 38.1 Å². The van der Waals surface area contributed by atoms with Gasteiger partial charge in [0, 0.05) is 19.0 Å². The van der Waals surface area contributed by atoms with Crippen LogP contribution in [0.25, 0.3) is 11.4 Å². The molecule has 0 N–H and O–H groups in total. The number of hydrogen-bond donors (Lipinski definition) is 0. The fraction of sp³-hybridized carbons (Fsp3) is 0.368. The van der Waals surface area contributed by atoms with Crippen molar-refractivity contribution in [2.75, 3.05) is 0 Å². The molecular weight excluding hydrogens is 346 g/mol. The highest BCUT2D eigenvalue weighted by molar-refractivity contribution is 7.98. The lowest BCUT2D eigenvalue weighted by atomic mass is 9.87. The first-order valence-electron chi connectivity index (χ1n) is 8.45. The van der Waals surface area contributed by atoms with Gasteiger partial charge in [-0.15, -0.1) is 27.0 Å². The molecule has 3 rings (SSSR count). The van der Waals surface area contributed by atoms with Crippen molar-refractivity contribution in [3.63, 3.8) is 0 Å². The van der Waals surface area contributed by atoms with Crippen molar-refractivity contribution in [1.29, 1.82) is 0 Å². The molecule has 0 atom stereocenters. The van der Waals surface area contributed by atoms with Crippen molar-refractivity contribution >= 4 is 11.8 Å². The highest BCUT2D eigenvalue weighted by Crippen LogP contribution is 2.28. The first-order valence-corrected chi connectivity index (χ1v) is 9.44. The smallest absolute Gasteiger partial charge is 0.226 e. The lowest BCUT2D eigenvalue weighted by Gasteiger charge is -2.19. The Morgan fingerprint density at radius 3 is 2.42 bits per heavy atom. The van der Waals surface area contributed by atoms with Crippen LogP contribution in [0.15, 0.2) is 46.5 Å². The summed E-state index contributed by atoms with van der Waals surface area (Å²) in [7, 11) is 0. The van der Waals surface area contributed by atoms with E-state index in [1.165, 1.54) is 17.3 Å². The predicted octanol–water partition coefficient (Wildman–Crippen LogP) is 4.41. The van der Waals surface area contributed by atoms with E-state index in [0.717, 1.165) is 16.5 Å². The van der Waals surface area contributed by atoms with Crippen molar-refractivity contribution < 1.29 is 4.42 Å². The van der Waals surface area contributed by atoms with E-state index in [1.807, 2.05) is 10.6 Å². The Hall–Kier alpha value is -2.41. The van der Waals surface area contributed by atoms with Crippen LogP contribution in [-0.2, 0) is 17.7 Å². The maximum Gasteiger partial charge on any atom is 0.226 e. The largest absolute Gasteiger partial charge is 0.425 e. The van der Waals surface area contributed by atoms with E-state index in [9.17, 15) is 0 Å². The average Bonchev–Trinajstić information content (AvgIpc) is 3.19. The fourth-order valence-corrected chi connectivity index (χ4v) is 3.33. The summed E-state index contributed by atoms with van der Waals surface area (Å²) < 4.78 is 7.47. The van der Waals surface area contributed by atoms with Gasteiger partial charge in [0.05, 0.1) is 5.75 Å². The molecule has 0 aliphatic rings. The minimum atomic E-state index is 0.122. The maximum absolute atomic E-state index is 5.42. The average molecular weight is 369 g/mol. The Morgan fingerprint density at radius 2 is 1.85 bits per heavy atom. The van der Waals surface area contributed by atoms with E-state index in [0.29, 0.717) is 24.1 Å². The zero-order valence-corrected chi connectivity index (χ0v) is 16.4. The molecule has 6 nitrogen and oxygen atoms in total. The molecule has 0 amide bonds. The third kappa shape index (κ3) is 4.04. The number of aromatic nitrogens is 5. The minimum Gasteiger partial charge on any atom is -0.425 e. The zero-order chi connectivity index (χ0) is 18.7. The monoisotopic (exact) mass is 369 g/mol. The molecule has 1 aromatic carbocycles. The predicted molar refractivity (Wildman–Crippen MR) is 103 cm³/mol. The Balaban J connectivity index is 1.85. The van der Waals surface area contributed by atoms with Gasteiger partial charge in [-0.25, -0.2) is 0 Å². The van der Waals surface area contributed by atoms with E-state index in [2.05, 4.69) is 72.0 Å². The second kappa shape index (κ2) is 7.45. The number of aryl methyl sites for hydroxylation is 1. The van der Waals surface area contributed by atoms with Gasteiger partial charge in [0.25, 0.3) is 0 Å². The zero-order valence-electron chi connectivity index (χ0n) is 15.6.